The van der Waals surface area contributed by atoms with Crippen LogP contribution in [0.15, 0.2) is 36.5 Å². The summed E-state index contributed by atoms with van der Waals surface area (Å²) in [6.07, 6.45) is 3.94. The Morgan fingerprint density at radius 3 is 2.51 bits per heavy atom. The van der Waals surface area contributed by atoms with Crippen LogP contribution in [0.2, 0.25) is 0 Å². The van der Waals surface area contributed by atoms with Gasteiger partial charge in [-0.3, -0.25) is 19.8 Å². The fraction of sp³-hybridized carbons (Fsp3) is 0.500. The van der Waals surface area contributed by atoms with E-state index in [1.165, 1.54) is 0 Å². The average molecular weight is 588 g/mol. The largest absolute Gasteiger partial charge is 0.389 e. The second-order valence-electron chi connectivity index (χ2n) is 12.6. The van der Waals surface area contributed by atoms with Crippen LogP contribution < -0.4 is 15.5 Å². The molecule has 11 nitrogen and oxygen atoms in total. The number of carbonyl (C=O) groups excluding carboxylic acids is 1. The zero-order valence-electron chi connectivity index (χ0n) is 26.5. The van der Waals surface area contributed by atoms with E-state index in [9.17, 15) is 9.90 Å². The summed E-state index contributed by atoms with van der Waals surface area (Å²) in [6, 6.07) is 10.3. The first-order valence-corrected chi connectivity index (χ1v) is 15.0. The Bertz CT molecular complexity index is 1590. The van der Waals surface area contributed by atoms with Crippen LogP contribution in [0, 0.1) is 13.8 Å². The van der Waals surface area contributed by atoms with Crippen molar-refractivity contribution >= 4 is 28.6 Å². The number of nitrogens with one attached hydrogen (secondary N) is 2. The highest BCUT2D eigenvalue weighted by molar-refractivity contribution is 6.05. The first-order valence-electron chi connectivity index (χ1n) is 15.0. The zero-order chi connectivity index (χ0) is 30.9. The molecule has 3 N–H and O–H groups in total. The molecule has 1 aromatic carbocycles. The van der Waals surface area contributed by atoms with Crippen molar-refractivity contribution in [3.63, 3.8) is 0 Å². The lowest BCUT2D eigenvalue weighted by atomic mass is 10.0. The number of anilines is 2. The van der Waals surface area contributed by atoms with Gasteiger partial charge in [0, 0.05) is 67.5 Å². The molecule has 1 saturated heterocycles. The molecular formula is C32H45N9O2. The maximum Gasteiger partial charge on any atom is 0.258 e. The summed E-state index contributed by atoms with van der Waals surface area (Å²) >= 11 is 0. The minimum atomic E-state index is -1.02. The highest BCUT2D eigenvalue weighted by Gasteiger charge is 2.24. The lowest BCUT2D eigenvalue weighted by molar-refractivity contribution is 0.0630. The molecule has 0 saturated carbocycles. The minimum absolute atomic E-state index is 0.274. The standard InChI is InChI=1S/C32H45N9O2/c1-21-16-23(17-28(35-21)26-19-34-39(7)22(26)2)30(42)37-31-36-27-9-8-25(18-29(27)41(31)20-32(3,4)43)40-13-10-24(11-14-40)33-12-15-38(5)6/h8-9,16-19,24,33,43H,10-15,20H2,1-7H3,(H,36,37,42). The van der Waals surface area contributed by atoms with E-state index in [1.807, 2.05) is 31.5 Å². The quantitative estimate of drug-likeness (QED) is 0.258. The van der Waals surface area contributed by atoms with Crippen LogP contribution in [-0.2, 0) is 13.6 Å². The zero-order valence-corrected chi connectivity index (χ0v) is 26.5. The summed E-state index contributed by atoms with van der Waals surface area (Å²) in [5, 5.41) is 21.8. The van der Waals surface area contributed by atoms with Crippen molar-refractivity contribution < 1.29 is 9.90 Å². The molecule has 1 aliphatic rings. The molecule has 4 heterocycles. The molecule has 1 amide bonds. The number of imidazole rings is 1. The summed E-state index contributed by atoms with van der Waals surface area (Å²) in [5.41, 5.74) is 5.51. The van der Waals surface area contributed by atoms with Gasteiger partial charge in [0.15, 0.2) is 0 Å². The van der Waals surface area contributed by atoms with Crippen molar-refractivity contribution in [3.8, 4) is 11.3 Å². The number of benzene rings is 1. The van der Waals surface area contributed by atoms with Crippen LogP contribution in [0.1, 0.15) is 48.4 Å². The maximum absolute atomic E-state index is 13.6. The molecule has 11 heteroatoms. The fourth-order valence-corrected chi connectivity index (χ4v) is 5.65. The lowest BCUT2D eigenvalue weighted by Gasteiger charge is -2.34. The number of rotatable bonds is 10. The van der Waals surface area contributed by atoms with Crippen molar-refractivity contribution in [2.24, 2.45) is 7.05 Å². The third kappa shape index (κ3) is 7.23. The topological polar surface area (TPSA) is 116 Å². The molecule has 3 aromatic heterocycles. The number of fused-ring (bicyclic) bond motifs is 1. The van der Waals surface area contributed by atoms with E-state index >= 15 is 0 Å². The summed E-state index contributed by atoms with van der Waals surface area (Å²) in [7, 11) is 6.08. The van der Waals surface area contributed by atoms with Gasteiger partial charge in [-0.15, -0.1) is 0 Å². The van der Waals surface area contributed by atoms with Crippen molar-refractivity contribution in [2.75, 3.05) is 50.5 Å². The molecule has 1 aliphatic heterocycles. The Hall–Kier alpha value is -3.80. The van der Waals surface area contributed by atoms with Crippen LogP contribution in [0.3, 0.4) is 0 Å². The number of amides is 1. The van der Waals surface area contributed by atoms with Gasteiger partial charge >= 0.3 is 0 Å². The van der Waals surface area contributed by atoms with Crippen LogP contribution in [0.5, 0.6) is 0 Å². The number of likely N-dealkylation sites (N-methyl/N-ethyl adjacent to an activating group) is 1. The number of aliphatic hydroxyl groups is 1. The fourth-order valence-electron chi connectivity index (χ4n) is 5.65. The average Bonchev–Trinajstić information content (AvgIpc) is 3.45. The number of pyridine rings is 1. The first kappa shape index (κ1) is 30.7. The van der Waals surface area contributed by atoms with E-state index < -0.39 is 5.60 Å². The second kappa shape index (κ2) is 12.4. The number of hydrogen-bond acceptors (Lipinski definition) is 8. The van der Waals surface area contributed by atoms with Gasteiger partial charge in [-0.25, -0.2) is 4.98 Å². The molecule has 0 spiro atoms. The molecule has 0 atom stereocenters. The summed E-state index contributed by atoms with van der Waals surface area (Å²) in [6.45, 7) is 11.6. The Kier molecular flexibility index (Phi) is 8.86. The molecular weight excluding hydrogens is 542 g/mol. The molecule has 230 valence electrons. The van der Waals surface area contributed by atoms with Crippen LogP contribution >= 0.6 is 0 Å². The van der Waals surface area contributed by atoms with Crippen molar-refractivity contribution in [3.05, 3.63) is 53.5 Å². The van der Waals surface area contributed by atoms with E-state index in [1.54, 1.807) is 36.9 Å². The molecule has 0 aliphatic carbocycles. The predicted molar refractivity (Wildman–Crippen MR) is 172 cm³/mol. The van der Waals surface area contributed by atoms with Crippen molar-refractivity contribution in [2.45, 2.75) is 58.7 Å². The summed E-state index contributed by atoms with van der Waals surface area (Å²) in [5.74, 6) is 0.112. The molecule has 5 rings (SSSR count). The van der Waals surface area contributed by atoms with Crippen LogP contribution in [-0.4, -0.2) is 92.1 Å². The van der Waals surface area contributed by atoms with E-state index in [0.717, 1.165) is 72.7 Å². The molecule has 0 bridgehead atoms. The monoisotopic (exact) mass is 587 g/mol. The predicted octanol–water partition coefficient (Wildman–Crippen LogP) is 3.59. The third-order valence-electron chi connectivity index (χ3n) is 8.08. The molecule has 1 fully saturated rings. The third-order valence-corrected chi connectivity index (χ3v) is 8.08. The van der Waals surface area contributed by atoms with E-state index in [0.29, 0.717) is 23.2 Å². The number of carbonyl (C=O) groups is 1. The Morgan fingerprint density at radius 1 is 1.12 bits per heavy atom. The summed E-state index contributed by atoms with van der Waals surface area (Å²) < 4.78 is 3.70. The number of nitrogens with zero attached hydrogens (tertiary/aromatic N) is 7. The number of aromatic nitrogens is 5. The smallest absolute Gasteiger partial charge is 0.258 e. The molecule has 0 unspecified atom stereocenters. The Labute approximate surface area is 253 Å². The normalized spacial score (nSPS) is 14.7. The van der Waals surface area contributed by atoms with E-state index in [4.69, 9.17) is 4.98 Å². The van der Waals surface area contributed by atoms with E-state index in [-0.39, 0.29) is 12.5 Å². The first-order chi connectivity index (χ1) is 20.4. The van der Waals surface area contributed by atoms with Gasteiger partial charge in [-0.1, -0.05) is 0 Å². The highest BCUT2D eigenvalue weighted by Crippen LogP contribution is 2.29. The van der Waals surface area contributed by atoms with Crippen LogP contribution in [0.25, 0.3) is 22.3 Å². The van der Waals surface area contributed by atoms with Gasteiger partial charge in [0.25, 0.3) is 5.91 Å². The van der Waals surface area contributed by atoms with Crippen molar-refractivity contribution in [1.29, 1.82) is 0 Å². The number of aryl methyl sites for hydroxylation is 2. The molecule has 43 heavy (non-hydrogen) atoms. The minimum Gasteiger partial charge on any atom is -0.389 e. The highest BCUT2D eigenvalue weighted by atomic mass is 16.3. The summed E-state index contributed by atoms with van der Waals surface area (Å²) in [4.78, 5) is 27.6. The number of piperidine rings is 1. The molecule has 0 radical (unpaired) electrons. The Morgan fingerprint density at radius 2 is 1.86 bits per heavy atom. The second-order valence-corrected chi connectivity index (χ2v) is 12.6. The molecule has 4 aromatic rings. The lowest BCUT2D eigenvalue weighted by Crippen LogP contribution is -2.44. The number of hydrogen-bond donors (Lipinski definition) is 3. The maximum atomic E-state index is 13.6. The van der Waals surface area contributed by atoms with Gasteiger partial charge in [-0.2, -0.15) is 5.10 Å². The van der Waals surface area contributed by atoms with Gasteiger partial charge < -0.3 is 24.8 Å². The Balaban J connectivity index is 1.39. The van der Waals surface area contributed by atoms with Crippen LogP contribution in [0.4, 0.5) is 11.6 Å². The SMILES string of the molecule is Cc1cc(C(=O)Nc2nc3ccc(N4CCC(NCCN(C)C)CC4)cc3n2CC(C)(C)O)cc(-c2cnn(C)c2C)n1. The van der Waals surface area contributed by atoms with Gasteiger partial charge in [0.05, 0.1) is 35.1 Å². The van der Waals surface area contributed by atoms with Crippen molar-refractivity contribution in [1.82, 2.24) is 34.5 Å². The van der Waals surface area contributed by atoms with Gasteiger partial charge in [-0.05, 0) is 85.0 Å². The van der Waals surface area contributed by atoms with Gasteiger partial charge in [0.2, 0.25) is 5.95 Å². The van der Waals surface area contributed by atoms with Gasteiger partial charge in [0.1, 0.15) is 0 Å². The van der Waals surface area contributed by atoms with E-state index in [2.05, 4.69) is 56.7 Å².